The van der Waals surface area contributed by atoms with E-state index in [1.807, 2.05) is 17.3 Å². The minimum absolute atomic E-state index is 0.0271. The molecular formula is C25H36N6O2. The van der Waals surface area contributed by atoms with Gasteiger partial charge in [0.2, 0.25) is 5.95 Å². The second-order valence-corrected chi connectivity index (χ2v) is 10.2. The average molecular weight is 453 g/mol. The first-order valence-corrected chi connectivity index (χ1v) is 12.1. The van der Waals surface area contributed by atoms with Crippen LogP contribution in [0.1, 0.15) is 44.1 Å². The number of rotatable bonds is 4. The number of piperidine rings is 1. The summed E-state index contributed by atoms with van der Waals surface area (Å²) in [5.74, 6) is 0.693. The Kier molecular flexibility index (Phi) is 6.03. The first-order chi connectivity index (χ1) is 15.9. The Bertz CT molecular complexity index is 922. The molecule has 1 spiro atoms. The van der Waals surface area contributed by atoms with Gasteiger partial charge in [-0.05, 0) is 58.2 Å². The van der Waals surface area contributed by atoms with E-state index in [-0.39, 0.29) is 17.2 Å². The van der Waals surface area contributed by atoms with Gasteiger partial charge >= 0.3 is 0 Å². The van der Waals surface area contributed by atoms with E-state index in [4.69, 9.17) is 0 Å². The molecule has 3 heterocycles. The summed E-state index contributed by atoms with van der Waals surface area (Å²) >= 11 is 0. The van der Waals surface area contributed by atoms with Gasteiger partial charge in [-0.15, -0.1) is 0 Å². The molecule has 2 aromatic rings. The summed E-state index contributed by atoms with van der Waals surface area (Å²) in [6, 6.07) is 10.8. The molecule has 3 aliphatic rings. The summed E-state index contributed by atoms with van der Waals surface area (Å²) in [6.45, 7) is 2.28. The van der Waals surface area contributed by atoms with Crippen LogP contribution in [0.25, 0.3) is 0 Å². The second-order valence-electron chi connectivity index (χ2n) is 10.2. The molecule has 0 radical (unpaired) electrons. The van der Waals surface area contributed by atoms with Gasteiger partial charge in [0.25, 0.3) is 0 Å². The normalized spacial score (nSPS) is 31.0. The molecular weight excluding hydrogens is 416 g/mol. The molecule has 8 nitrogen and oxygen atoms in total. The van der Waals surface area contributed by atoms with Gasteiger partial charge in [-0.3, -0.25) is 10.2 Å². The number of hydrogen-bond acceptors (Lipinski definition) is 8. The molecule has 33 heavy (non-hydrogen) atoms. The second kappa shape index (κ2) is 8.83. The smallest absolute Gasteiger partial charge is 0.225 e. The SMILES string of the molecule is CN(C)C1(c2ccccc2)CCC2(CC1)CN(c1cnc(N3CCC(O)CC3)nc1)C(O)N2. The van der Waals surface area contributed by atoms with Gasteiger partial charge in [0.15, 0.2) is 6.35 Å². The highest BCUT2D eigenvalue weighted by atomic mass is 16.3. The number of aromatic nitrogens is 2. The summed E-state index contributed by atoms with van der Waals surface area (Å²) in [6.07, 6.45) is 8.22. The third-order valence-corrected chi connectivity index (χ3v) is 8.11. The van der Waals surface area contributed by atoms with Crippen molar-refractivity contribution in [3.05, 3.63) is 48.3 Å². The fourth-order valence-electron chi connectivity index (χ4n) is 5.92. The van der Waals surface area contributed by atoms with Gasteiger partial charge in [0, 0.05) is 30.7 Å². The highest BCUT2D eigenvalue weighted by molar-refractivity contribution is 5.48. The lowest BCUT2D eigenvalue weighted by molar-refractivity contribution is 0.0513. The van der Waals surface area contributed by atoms with E-state index in [9.17, 15) is 10.2 Å². The maximum absolute atomic E-state index is 10.9. The molecule has 2 saturated heterocycles. The predicted octanol–water partition coefficient (Wildman–Crippen LogP) is 1.89. The van der Waals surface area contributed by atoms with Crippen molar-refractivity contribution >= 4 is 11.6 Å². The molecule has 8 heteroatoms. The topological polar surface area (TPSA) is 88.0 Å². The highest BCUT2D eigenvalue weighted by Crippen LogP contribution is 2.46. The minimum Gasteiger partial charge on any atom is -0.393 e. The molecule has 1 aliphatic carbocycles. The van der Waals surface area contributed by atoms with E-state index in [1.54, 1.807) is 0 Å². The Hall–Kier alpha value is -2.26. The molecule has 178 valence electrons. The molecule has 0 bridgehead atoms. The van der Waals surface area contributed by atoms with Crippen molar-refractivity contribution in [1.29, 1.82) is 0 Å². The van der Waals surface area contributed by atoms with Crippen LogP contribution in [0.2, 0.25) is 0 Å². The maximum atomic E-state index is 10.9. The first kappa shape index (κ1) is 22.5. The molecule has 3 fully saturated rings. The van der Waals surface area contributed by atoms with Crippen molar-refractivity contribution in [3.8, 4) is 0 Å². The molecule has 5 rings (SSSR count). The van der Waals surface area contributed by atoms with Crippen molar-refractivity contribution < 1.29 is 10.2 Å². The molecule has 1 aromatic carbocycles. The Labute approximate surface area is 196 Å². The van der Waals surface area contributed by atoms with E-state index in [1.165, 1.54) is 5.56 Å². The van der Waals surface area contributed by atoms with Crippen molar-refractivity contribution in [3.63, 3.8) is 0 Å². The Morgan fingerprint density at radius 3 is 2.21 bits per heavy atom. The highest BCUT2D eigenvalue weighted by Gasteiger charge is 2.50. The summed E-state index contributed by atoms with van der Waals surface area (Å²) in [7, 11) is 4.35. The minimum atomic E-state index is -0.742. The zero-order valence-corrected chi connectivity index (χ0v) is 19.7. The zero-order valence-electron chi connectivity index (χ0n) is 19.7. The molecule has 1 unspecified atom stereocenters. The lowest BCUT2D eigenvalue weighted by atomic mass is 9.69. The number of aliphatic hydroxyl groups is 2. The van der Waals surface area contributed by atoms with Crippen LogP contribution in [-0.4, -0.2) is 76.8 Å². The van der Waals surface area contributed by atoms with Crippen LogP contribution in [0.15, 0.2) is 42.7 Å². The van der Waals surface area contributed by atoms with Crippen LogP contribution in [0.5, 0.6) is 0 Å². The van der Waals surface area contributed by atoms with Crippen LogP contribution in [0, 0.1) is 0 Å². The van der Waals surface area contributed by atoms with E-state index in [0.29, 0.717) is 5.95 Å². The van der Waals surface area contributed by atoms with Crippen LogP contribution >= 0.6 is 0 Å². The van der Waals surface area contributed by atoms with Gasteiger partial charge in [0.05, 0.1) is 24.2 Å². The first-order valence-electron chi connectivity index (χ1n) is 12.1. The molecule has 0 amide bonds. The van der Waals surface area contributed by atoms with Crippen molar-refractivity contribution in [2.24, 2.45) is 0 Å². The van der Waals surface area contributed by atoms with Crippen LogP contribution in [-0.2, 0) is 5.54 Å². The van der Waals surface area contributed by atoms with Gasteiger partial charge in [-0.25, -0.2) is 9.97 Å². The van der Waals surface area contributed by atoms with E-state index in [0.717, 1.165) is 63.8 Å². The quantitative estimate of drug-likeness (QED) is 0.648. The van der Waals surface area contributed by atoms with Crippen LogP contribution < -0.4 is 15.1 Å². The van der Waals surface area contributed by atoms with E-state index in [2.05, 4.69) is 69.5 Å². The Morgan fingerprint density at radius 1 is 0.970 bits per heavy atom. The van der Waals surface area contributed by atoms with Crippen molar-refractivity contribution in [1.82, 2.24) is 20.2 Å². The Morgan fingerprint density at radius 2 is 1.61 bits per heavy atom. The largest absolute Gasteiger partial charge is 0.393 e. The number of aliphatic hydroxyl groups excluding tert-OH is 2. The lowest BCUT2D eigenvalue weighted by Crippen LogP contribution is -2.54. The molecule has 1 aromatic heterocycles. The zero-order chi connectivity index (χ0) is 23.1. The maximum Gasteiger partial charge on any atom is 0.225 e. The van der Waals surface area contributed by atoms with Gasteiger partial charge in [-0.2, -0.15) is 0 Å². The third kappa shape index (κ3) is 4.21. The summed E-state index contributed by atoms with van der Waals surface area (Å²) < 4.78 is 0. The number of benzene rings is 1. The van der Waals surface area contributed by atoms with E-state index >= 15 is 0 Å². The van der Waals surface area contributed by atoms with Gasteiger partial charge in [0.1, 0.15) is 0 Å². The van der Waals surface area contributed by atoms with Gasteiger partial charge < -0.3 is 20.0 Å². The van der Waals surface area contributed by atoms with Crippen LogP contribution in [0.4, 0.5) is 11.6 Å². The molecule has 1 atom stereocenters. The summed E-state index contributed by atoms with van der Waals surface area (Å²) in [4.78, 5) is 15.6. The number of nitrogens with one attached hydrogen (secondary N) is 1. The number of nitrogens with zero attached hydrogens (tertiary/aromatic N) is 5. The standard InChI is InChI=1S/C25H36N6O2/c1-29(2)25(19-6-4-3-5-7-19)12-10-24(11-13-25)18-31(23(33)28-24)20-16-26-22(27-17-20)30-14-8-21(32)9-15-30/h3-7,16-17,21,23,28,32-33H,8-15,18H2,1-2H3. The number of hydrogen-bond donors (Lipinski definition) is 3. The van der Waals surface area contributed by atoms with E-state index < -0.39 is 6.35 Å². The monoisotopic (exact) mass is 452 g/mol. The van der Waals surface area contributed by atoms with Crippen LogP contribution in [0.3, 0.4) is 0 Å². The van der Waals surface area contributed by atoms with Crippen molar-refractivity contribution in [2.45, 2.75) is 62.1 Å². The number of anilines is 2. The summed E-state index contributed by atoms with van der Waals surface area (Å²) in [5.41, 5.74) is 2.11. The van der Waals surface area contributed by atoms with Crippen molar-refractivity contribution in [2.75, 3.05) is 43.5 Å². The lowest BCUT2D eigenvalue weighted by Gasteiger charge is -2.49. The molecule has 1 saturated carbocycles. The predicted molar refractivity (Wildman–Crippen MR) is 129 cm³/mol. The fourth-order valence-corrected chi connectivity index (χ4v) is 5.92. The average Bonchev–Trinajstić information content (AvgIpc) is 3.16. The fraction of sp³-hybridized carbons (Fsp3) is 0.600. The summed E-state index contributed by atoms with van der Waals surface area (Å²) in [5, 5.41) is 24.1. The van der Waals surface area contributed by atoms with Gasteiger partial charge in [-0.1, -0.05) is 30.3 Å². The molecule has 3 N–H and O–H groups in total. The third-order valence-electron chi connectivity index (χ3n) is 8.11. The molecule has 2 aliphatic heterocycles. The Balaban J connectivity index is 1.27.